The highest BCUT2D eigenvalue weighted by Crippen LogP contribution is 2.42. The molecular weight excluding hydrogens is 428 g/mol. The van der Waals surface area contributed by atoms with Crippen molar-refractivity contribution in [3.8, 4) is 6.07 Å². The number of amides is 1. The van der Waals surface area contributed by atoms with Crippen molar-refractivity contribution < 1.29 is 14.3 Å². The molecule has 0 N–H and O–H groups in total. The maximum absolute atomic E-state index is 12.8. The predicted molar refractivity (Wildman–Crippen MR) is 120 cm³/mol. The van der Waals surface area contributed by atoms with Crippen molar-refractivity contribution in [3.63, 3.8) is 0 Å². The number of carbonyl (C=O) groups is 1. The molecule has 32 heavy (non-hydrogen) atoms. The number of hydrogen-bond acceptors (Lipinski definition) is 5. The van der Waals surface area contributed by atoms with Crippen molar-refractivity contribution in [2.24, 2.45) is 11.3 Å². The van der Waals surface area contributed by atoms with Crippen LogP contribution in [0.4, 0.5) is 4.79 Å². The van der Waals surface area contributed by atoms with E-state index in [2.05, 4.69) is 22.5 Å². The highest BCUT2D eigenvalue weighted by molar-refractivity contribution is 6.35. The minimum absolute atomic E-state index is 0.101. The van der Waals surface area contributed by atoms with Crippen LogP contribution in [0.15, 0.2) is 18.5 Å². The van der Waals surface area contributed by atoms with Crippen LogP contribution < -0.4 is 0 Å². The molecule has 3 aliphatic rings. The van der Waals surface area contributed by atoms with Crippen molar-refractivity contribution in [2.75, 3.05) is 26.3 Å². The lowest BCUT2D eigenvalue weighted by Crippen LogP contribution is -2.43. The molecule has 2 aromatic rings. The minimum Gasteiger partial charge on any atom is -0.441 e. The fourth-order valence-corrected chi connectivity index (χ4v) is 6.01. The maximum Gasteiger partial charge on any atom is 0.410 e. The summed E-state index contributed by atoms with van der Waals surface area (Å²) >= 11 is 6.32. The van der Waals surface area contributed by atoms with Gasteiger partial charge in [-0.2, -0.15) is 5.26 Å². The molecule has 8 heteroatoms. The number of nitrogens with zero attached hydrogens (tertiary/aromatic N) is 4. The van der Waals surface area contributed by atoms with E-state index < -0.39 is 5.60 Å². The number of fused-ring (bicyclic) bond motifs is 1. The van der Waals surface area contributed by atoms with Gasteiger partial charge in [0.15, 0.2) is 0 Å². The van der Waals surface area contributed by atoms with Crippen LogP contribution in [0.1, 0.15) is 51.0 Å². The number of aromatic nitrogens is 2. The Balaban J connectivity index is 1.30. The number of imidazole rings is 1. The molecule has 5 rings (SSSR count). The Morgan fingerprint density at radius 3 is 2.91 bits per heavy atom. The molecule has 0 radical (unpaired) electrons. The smallest absolute Gasteiger partial charge is 0.410 e. The van der Waals surface area contributed by atoms with Crippen molar-refractivity contribution in [1.29, 1.82) is 5.26 Å². The van der Waals surface area contributed by atoms with E-state index in [0.29, 0.717) is 23.0 Å². The van der Waals surface area contributed by atoms with Crippen LogP contribution in [-0.4, -0.2) is 52.4 Å². The van der Waals surface area contributed by atoms with Gasteiger partial charge in [0.1, 0.15) is 11.1 Å². The third-order valence-electron chi connectivity index (χ3n) is 7.48. The second kappa shape index (κ2) is 8.24. The Morgan fingerprint density at radius 2 is 2.12 bits per heavy atom. The lowest BCUT2D eigenvalue weighted by atomic mass is 9.77. The van der Waals surface area contributed by atoms with Gasteiger partial charge in [-0.05, 0) is 62.0 Å². The monoisotopic (exact) mass is 456 g/mol. The van der Waals surface area contributed by atoms with Gasteiger partial charge in [-0.25, -0.2) is 9.78 Å². The summed E-state index contributed by atoms with van der Waals surface area (Å²) in [5.41, 5.74) is 1.84. The van der Waals surface area contributed by atoms with E-state index >= 15 is 0 Å². The van der Waals surface area contributed by atoms with E-state index in [9.17, 15) is 10.1 Å². The summed E-state index contributed by atoms with van der Waals surface area (Å²) in [7, 11) is 0. The van der Waals surface area contributed by atoms with Crippen LogP contribution in [0.2, 0.25) is 5.02 Å². The molecule has 3 heterocycles. The molecule has 2 atom stereocenters. The Kier molecular flexibility index (Phi) is 5.55. The van der Waals surface area contributed by atoms with E-state index in [-0.39, 0.29) is 11.5 Å². The molecule has 170 valence electrons. The van der Waals surface area contributed by atoms with Crippen LogP contribution >= 0.6 is 11.6 Å². The van der Waals surface area contributed by atoms with Crippen molar-refractivity contribution in [3.05, 3.63) is 29.0 Å². The standard InChI is InChI=1S/C24H29ClN4O3/c1-23(5-7-31-8-6-23)14-29-15-24(32-22(29)30)4-2-3-17(11-24)13-28-16-27-21-19(25)9-18(12-26)10-20(21)28/h9-10,16-17H,2-8,11,13-15H2,1H3/t17-,24-/m0/s1. The number of hydrogen-bond donors (Lipinski definition) is 0. The SMILES string of the molecule is CC1(CN2C[C@@]3(CCC[C@H](Cn4cnc5c(Cl)cc(C#N)cc54)C3)OC2=O)CCOCC1. The van der Waals surface area contributed by atoms with Gasteiger partial charge in [0.25, 0.3) is 0 Å². The van der Waals surface area contributed by atoms with E-state index in [4.69, 9.17) is 21.1 Å². The number of ether oxygens (including phenoxy) is 2. The summed E-state index contributed by atoms with van der Waals surface area (Å²) in [6.45, 7) is 5.97. The first-order valence-corrected chi connectivity index (χ1v) is 11.9. The molecule has 0 bridgehead atoms. The summed E-state index contributed by atoms with van der Waals surface area (Å²) < 4.78 is 13.6. The number of halogens is 1. The highest BCUT2D eigenvalue weighted by Gasteiger charge is 2.49. The fourth-order valence-electron chi connectivity index (χ4n) is 5.74. The molecule has 1 saturated carbocycles. The summed E-state index contributed by atoms with van der Waals surface area (Å²) in [6.07, 6.45) is 7.48. The molecule has 2 saturated heterocycles. The zero-order valence-electron chi connectivity index (χ0n) is 18.5. The van der Waals surface area contributed by atoms with Crippen molar-refractivity contribution in [2.45, 2.75) is 57.6 Å². The van der Waals surface area contributed by atoms with Gasteiger partial charge in [-0.1, -0.05) is 18.5 Å². The van der Waals surface area contributed by atoms with Crippen LogP contribution in [0.5, 0.6) is 0 Å². The number of rotatable bonds is 4. The predicted octanol–water partition coefficient (Wildman–Crippen LogP) is 4.76. The molecule has 1 aromatic heterocycles. The zero-order chi connectivity index (χ0) is 22.3. The summed E-state index contributed by atoms with van der Waals surface area (Å²) in [4.78, 5) is 19.2. The van der Waals surface area contributed by atoms with E-state index in [0.717, 1.165) is 75.9 Å². The largest absolute Gasteiger partial charge is 0.441 e. The number of nitriles is 1. The molecular formula is C24H29ClN4O3. The summed E-state index contributed by atoms with van der Waals surface area (Å²) in [5.74, 6) is 0.372. The number of carbonyl (C=O) groups excluding carboxylic acids is 1. The average Bonchev–Trinajstić information content (AvgIpc) is 3.29. The average molecular weight is 457 g/mol. The topological polar surface area (TPSA) is 80.4 Å². The van der Waals surface area contributed by atoms with Gasteiger partial charge in [0, 0.05) is 26.3 Å². The van der Waals surface area contributed by atoms with Crippen molar-refractivity contribution in [1.82, 2.24) is 14.5 Å². The lowest BCUT2D eigenvalue weighted by molar-refractivity contribution is 0.00335. The minimum atomic E-state index is -0.395. The van der Waals surface area contributed by atoms with Crippen LogP contribution in [0, 0.1) is 22.7 Å². The highest BCUT2D eigenvalue weighted by atomic mass is 35.5. The molecule has 2 aliphatic heterocycles. The Labute approximate surface area is 193 Å². The Hall–Kier alpha value is -2.30. The third kappa shape index (κ3) is 4.06. The quantitative estimate of drug-likeness (QED) is 0.662. The fraction of sp³-hybridized carbons (Fsp3) is 0.625. The van der Waals surface area contributed by atoms with Gasteiger partial charge < -0.3 is 18.9 Å². The van der Waals surface area contributed by atoms with E-state index in [1.165, 1.54) is 0 Å². The van der Waals surface area contributed by atoms with Crippen LogP contribution in [0.25, 0.3) is 11.0 Å². The zero-order valence-corrected chi connectivity index (χ0v) is 19.2. The van der Waals surface area contributed by atoms with Gasteiger partial charge in [-0.3, -0.25) is 0 Å². The number of benzene rings is 1. The van der Waals surface area contributed by atoms with E-state index in [1.807, 2.05) is 11.0 Å². The maximum atomic E-state index is 12.8. The first kappa shape index (κ1) is 21.5. The van der Waals surface area contributed by atoms with Crippen LogP contribution in [0.3, 0.4) is 0 Å². The molecule has 3 fully saturated rings. The van der Waals surface area contributed by atoms with Gasteiger partial charge >= 0.3 is 6.09 Å². The molecule has 0 unspecified atom stereocenters. The molecule has 1 spiro atoms. The Bertz CT molecular complexity index is 1070. The van der Waals surface area contributed by atoms with Gasteiger partial charge in [-0.15, -0.1) is 0 Å². The molecule has 1 aromatic carbocycles. The lowest BCUT2D eigenvalue weighted by Gasteiger charge is -2.38. The summed E-state index contributed by atoms with van der Waals surface area (Å²) in [6, 6.07) is 5.67. The Morgan fingerprint density at radius 1 is 1.31 bits per heavy atom. The van der Waals surface area contributed by atoms with Gasteiger partial charge in [0.05, 0.1) is 35.0 Å². The van der Waals surface area contributed by atoms with Crippen LogP contribution in [-0.2, 0) is 16.0 Å². The normalized spacial score (nSPS) is 27.6. The van der Waals surface area contributed by atoms with Crippen molar-refractivity contribution >= 4 is 28.7 Å². The first-order chi connectivity index (χ1) is 15.4. The first-order valence-electron chi connectivity index (χ1n) is 11.5. The molecule has 1 aliphatic carbocycles. The second-order valence-corrected chi connectivity index (χ2v) is 10.5. The van der Waals surface area contributed by atoms with E-state index in [1.54, 1.807) is 12.4 Å². The second-order valence-electron chi connectivity index (χ2n) is 10.1. The van der Waals surface area contributed by atoms with Gasteiger partial charge in [0.2, 0.25) is 0 Å². The molecule has 7 nitrogen and oxygen atoms in total. The third-order valence-corrected chi connectivity index (χ3v) is 7.77. The molecule has 1 amide bonds. The summed E-state index contributed by atoms with van der Waals surface area (Å²) in [5, 5.41) is 9.80.